The Bertz CT molecular complexity index is 1160. The molecule has 0 aliphatic carbocycles. The molecule has 3 heterocycles. The molecular formula is C20H22N6O3. The average molecular weight is 394 g/mol. The Balaban J connectivity index is 1.72. The minimum absolute atomic E-state index is 0.180. The number of nitrogen functional groups attached to an aromatic ring is 1. The molecule has 9 heteroatoms. The molecule has 0 radical (unpaired) electrons. The smallest absolute Gasteiger partial charge is 0.221 e. The maximum atomic E-state index is 10.5. The number of rotatable bonds is 6. The zero-order chi connectivity index (χ0) is 20.6. The van der Waals surface area contributed by atoms with E-state index in [9.17, 15) is 5.11 Å². The van der Waals surface area contributed by atoms with Crippen molar-refractivity contribution in [3.63, 3.8) is 0 Å². The lowest BCUT2D eigenvalue weighted by molar-refractivity contribution is 0.0529. The number of aryl methyl sites for hydroxylation is 1. The fourth-order valence-corrected chi connectivity index (χ4v) is 3.14. The number of imidazole rings is 1. The summed E-state index contributed by atoms with van der Waals surface area (Å²) in [6.45, 7) is 6.34. The van der Waals surface area contributed by atoms with E-state index in [1.165, 1.54) is 0 Å². The predicted molar refractivity (Wildman–Crippen MR) is 107 cm³/mol. The van der Waals surface area contributed by atoms with Gasteiger partial charge in [0.15, 0.2) is 17.3 Å². The van der Waals surface area contributed by atoms with Gasteiger partial charge in [-0.05, 0) is 48.3 Å². The van der Waals surface area contributed by atoms with Gasteiger partial charge >= 0.3 is 0 Å². The Labute approximate surface area is 167 Å². The lowest BCUT2D eigenvalue weighted by Crippen LogP contribution is -2.19. The SMILES string of the molecule is CCn1c(-c2nonc2N)nc2cnc(Oc3cccc(C(C)(O)CC)c3)cc21. The summed E-state index contributed by atoms with van der Waals surface area (Å²) in [5, 5.41) is 18.0. The van der Waals surface area contributed by atoms with Crippen molar-refractivity contribution < 1.29 is 14.5 Å². The highest BCUT2D eigenvalue weighted by Crippen LogP contribution is 2.31. The maximum Gasteiger partial charge on any atom is 0.221 e. The number of aliphatic hydroxyl groups is 1. The molecular weight excluding hydrogens is 372 g/mol. The van der Waals surface area contributed by atoms with E-state index in [0.29, 0.717) is 41.6 Å². The van der Waals surface area contributed by atoms with E-state index in [2.05, 4.69) is 20.3 Å². The lowest BCUT2D eigenvalue weighted by Gasteiger charge is -2.22. The van der Waals surface area contributed by atoms with Crippen LogP contribution in [-0.4, -0.2) is 30.0 Å². The first-order valence-corrected chi connectivity index (χ1v) is 9.38. The van der Waals surface area contributed by atoms with Crippen LogP contribution in [0.2, 0.25) is 0 Å². The van der Waals surface area contributed by atoms with Gasteiger partial charge in [0.2, 0.25) is 5.88 Å². The third kappa shape index (κ3) is 3.40. The predicted octanol–water partition coefficient (Wildman–Crippen LogP) is 3.49. The highest BCUT2D eigenvalue weighted by atomic mass is 16.6. The summed E-state index contributed by atoms with van der Waals surface area (Å²) >= 11 is 0. The van der Waals surface area contributed by atoms with Crippen LogP contribution in [0, 0.1) is 0 Å². The zero-order valence-corrected chi connectivity index (χ0v) is 16.5. The van der Waals surface area contributed by atoms with E-state index in [-0.39, 0.29) is 5.82 Å². The molecule has 1 aromatic carbocycles. The normalized spacial score (nSPS) is 13.5. The number of fused-ring (bicyclic) bond motifs is 1. The van der Waals surface area contributed by atoms with Gasteiger partial charge in [0.25, 0.3) is 0 Å². The number of pyridine rings is 1. The first-order chi connectivity index (χ1) is 13.9. The van der Waals surface area contributed by atoms with Crippen molar-refractivity contribution in [3.05, 3.63) is 42.1 Å². The van der Waals surface area contributed by atoms with Crippen LogP contribution in [0.4, 0.5) is 5.82 Å². The molecule has 0 spiro atoms. The molecule has 0 saturated carbocycles. The van der Waals surface area contributed by atoms with Crippen LogP contribution in [0.15, 0.2) is 41.2 Å². The summed E-state index contributed by atoms with van der Waals surface area (Å²) in [6.07, 6.45) is 2.23. The van der Waals surface area contributed by atoms with Crippen LogP contribution in [0.1, 0.15) is 32.8 Å². The fraction of sp³-hybridized carbons (Fsp3) is 0.300. The molecule has 9 nitrogen and oxygen atoms in total. The molecule has 150 valence electrons. The monoisotopic (exact) mass is 394 g/mol. The van der Waals surface area contributed by atoms with Gasteiger partial charge in [-0.2, -0.15) is 0 Å². The summed E-state index contributed by atoms with van der Waals surface area (Å²) in [7, 11) is 0. The highest BCUT2D eigenvalue weighted by molar-refractivity contribution is 5.81. The summed E-state index contributed by atoms with van der Waals surface area (Å²) in [5.41, 5.74) is 7.59. The number of hydrogen-bond donors (Lipinski definition) is 2. The highest BCUT2D eigenvalue weighted by Gasteiger charge is 2.21. The Kier molecular flexibility index (Phi) is 4.67. The number of aromatic nitrogens is 5. The van der Waals surface area contributed by atoms with E-state index in [4.69, 9.17) is 15.1 Å². The van der Waals surface area contributed by atoms with Crippen molar-refractivity contribution in [1.29, 1.82) is 0 Å². The largest absolute Gasteiger partial charge is 0.439 e. The Morgan fingerprint density at radius 3 is 2.76 bits per heavy atom. The topological polar surface area (TPSA) is 125 Å². The Morgan fingerprint density at radius 2 is 2.07 bits per heavy atom. The number of hydrogen-bond acceptors (Lipinski definition) is 8. The van der Waals surface area contributed by atoms with Gasteiger partial charge < -0.3 is 20.1 Å². The summed E-state index contributed by atoms with van der Waals surface area (Å²) < 4.78 is 12.6. The average Bonchev–Trinajstić information content (AvgIpc) is 3.30. The Hall–Kier alpha value is -3.46. The molecule has 0 saturated heterocycles. The van der Waals surface area contributed by atoms with Crippen LogP contribution in [0.3, 0.4) is 0 Å². The molecule has 0 bridgehead atoms. The molecule has 0 amide bonds. The van der Waals surface area contributed by atoms with E-state index in [0.717, 1.165) is 11.1 Å². The molecule has 4 rings (SSSR count). The molecule has 29 heavy (non-hydrogen) atoms. The van der Waals surface area contributed by atoms with Gasteiger partial charge in [0.1, 0.15) is 11.3 Å². The van der Waals surface area contributed by atoms with Crippen molar-refractivity contribution in [2.75, 3.05) is 5.73 Å². The van der Waals surface area contributed by atoms with Crippen LogP contribution in [0.25, 0.3) is 22.6 Å². The molecule has 3 aromatic heterocycles. The number of anilines is 1. The van der Waals surface area contributed by atoms with Gasteiger partial charge in [0.05, 0.1) is 17.3 Å². The van der Waals surface area contributed by atoms with Gasteiger partial charge in [0, 0.05) is 12.6 Å². The number of benzene rings is 1. The summed E-state index contributed by atoms with van der Waals surface area (Å²) in [4.78, 5) is 8.92. The van der Waals surface area contributed by atoms with Gasteiger partial charge in [-0.15, -0.1) is 0 Å². The van der Waals surface area contributed by atoms with Crippen molar-refractivity contribution in [2.45, 2.75) is 39.3 Å². The molecule has 1 atom stereocenters. The third-order valence-corrected chi connectivity index (χ3v) is 5.02. The van der Waals surface area contributed by atoms with Crippen molar-refractivity contribution in [3.8, 4) is 23.1 Å². The second-order valence-electron chi connectivity index (χ2n) is 6.95. The fourth-order valence-electron chi connectivity index (χ4n) is 3.14. The van der Waals surface area contributed by atoms with Crippen molar-refractivity contribution >= 4 is 16.9 Å². The number of nitrogens with zero attached hydrogens (tertiary/aromatic N) is 5. The van der Waals surface area contributed by atoms with Crippen LogP contribution >= 0.6 is 0 Å². The minimum atomic E-state index is -0.919. The second kappa shape index (κ2) is 7.17. The van der Waals surface area contributed by atoms with Gasteiger partial charge in [-0.1, -0.05) is 19.1 Å². The number of nitrogens with two attached hydrogens (primary N) is 1. The standard InChI is InChI=1S/C20H22N6O3/c1-4-20(3,27)12-7-6-8-13(9-12)28-16-10-15-14(11-22-16)23-19(26(15)5-2)17-18(21)25-29-24-17/h6-11,27H,4-5H2,1-3H3,(H2,21,25). The summed E-state index contributed by atoms with van der Waals surface area (Å²) in [5.74, 6) is 1.74. The van der Waals surface area contributed by atoms with Crippen molar-refractivity contribution in [2.24, 2.45) is 0 Å². The zero-order valence-electron chi connectivity index (χ0n) is 16.5. The maximum absolute atomic E-state index is 10.5. The Morgan fingerprint density at radius 1 is 1.24 bits per heavy atom. The van der Waals surface area contributed by atoms with Crippen LogP contribution in [0.5, 0.6) is 11.6 Å². The van der Waals surface area contributed by atoms with E-state index >= 15 is 0 Å². The minimum Gasteiger partial charge on any atom is -0.439 e. The molecule has 4 aromatic rings. The third-order valence-electron chi connectivity index (χ3n) is 5.02. The quantitative estimate of drug-likeness (QED) is 0.509. The number of ether oxygens (including phenoxy) is 1. The van der Waals surface area contributed by atoms with Gasteiger partial charge in [-0.25, -0.2) is 14.6 Å². The van der Waals surface area contributed by atoms with E-state index < -0.39 is 5.60 Å². The van der Waals surface area contributed by atoms with Gasteiger partial charge in [-0.3, -0.25) is 0 Å². The molecule has 0 aliphatic heterocycles. The van der Waals surface area contributed by atoms with Crippen molar-refractivity contribution in [1.82, 2.24) is 24.8 Å². The lowest BCUT2D eigenvalue weighted by atomic mass is 9.93. The van der Waals surface area contributed by atoms with Crippen LogP contribution < -0.4 is 10.5 Å². The molecule has 0 aliphatic rings. The second-order valence-corrected chi connectivity index (χ2v) is 6.95. The molecule has 3 N–H and O–H groups in total. The van der Waals surface area contributed by atoms with Crippen LogP contribution in [-0.2, 0) is 12.1 Å². The van der Waals surface area contributed by atoms with E-state index in [1.807, 2.05) is 48.7 Å². The first-order valence-electron chi connectivity index (χ1n) is 9.38. The van der Waals surface area contributed by atoms with E-state index in [1.54, 1.807) is 13.1 Å². The summed E-state index contributed by atoms with van der Waals surface area (Å²) in [6, 6.07) is 9.18. The molecule has 0 fully saturated rings. The first kappa shape index (κ1) is 18.9. The molecule has 1 unspecified atom stereocenters.